The van der Waals surface area contributed by atoms with E-state index in [1.165, 1.54) is 17.8 Å². The maximum Gasteiger partial charge on any atom is 0.256 e. The van der Waals surface area contributed by atoms with Crippen LogP contribution in [-0.2, 0) is 11.2 Å². The number of nitrogens with one attached hydrogen (secondary N) is 1. The topological polar surface area (TPSA) is 62.3 Å². The Hall–Kier alpha value is -2.11. The van der Waals surface area contributed by atoms with Crippen molar-refractivity contribution < 1.29 is 9.59 Å². The van der Waals surface area contributed by atoms with Crippen LogP contribution in [0.1, 0.15) is 48.0 Å². The SMILES string of the molecule is O=C(CCc1ccccc1)NC1CCC12CCN(C(=O)c1cnc(Cl)cc1Cl)CC2. The standard InChI is InChI=1S/C23H25Cl2N3O2/c24-18-14-20(25)26-15-17(18)22(30)28-12-10-23(11-13-28)9-8-19(23)27-21(29)7-6-16-4-2-1-3-5-16/h1-5,14-15,19H,6-13H2,(H,27,29). The highest BCUT2D eigenvalue weighted by Gasteiger charge is 2.49. The number of amides is 2. The lowest BCUT2D eigenvalue weighted by Gasteiger charge is -2.54. The van der Waals surface area contributed by atoms with E-state index in [-0.39, 0.29) is 28.4 Å². The zero-order valence-electron chi connectivity index (χ0n) is 16.7. The Balaban J connectivity index is 1.29. The Labute approximate surface area is 186 Å². The third-order valence-electron chi connectivity index (χ3n) is 6.59. The van der Waals surface area contributed by atoms with Gasteiger partial charge in [0.15, 0.2) is 0 Å². The van der Waals surface area contributed by atoms with E-state index in [1.54, 1.807) is 0 Å². The molecule has 1 spiro atoms. The summed E-state index contributed by atoms with van der Waals surface area (Å²) in [6.45, 7) is 1.32. The second-order valence-electron chi connectivity index (χ2n) is 8.29. The molecule has 5 nitrogen and oxygen atoms in total. The molecule has 1 aromatic carbocycles. The van der Waals surface area contributed by atoms with Crippen LogP contribution in [0.25, 0.3) is 0 Å². The molecule has 7 heteroatoms. The number of pyridine rings is 1. The van der Waals surface area contributed by atoms with Gasteiger partial charge in [-0.05, 0) is 49.1 Å². The van der Waals surface area contributed by atoms with Crippen LogP contribution in [0.2, 0.25) is 10.2 Å². The molecule has 1 saturated carbocycles. The van der Waals surface area contributed by atoms with E-state index < -0.39 is 0 Å². The normalized spacial score (nSPS) is 19.9. The van der Waals surface area contributed by atoms with E-state index in [2.05, 4.69) is 10.3 Å². The van der Waals surface area contributed by atoms with Crippen LogP contribution < -0.4 is 5.32 Å². The molecule has 1 N–H and O–H groups in total. The van der Waals surface area contributed by atoms with E-state index in [0.29, 0.717) is 30.1 Å². The Morgan fingerprint density at radius 1 is 1.13 bits per heavy atom. The molecule has 1 aromatic heterocycles. The van der Waals surface area contributed by atoms with Gasteiger partial charge in [0.2, 0.25) is 5.91 Å². The fourth-order valence-corrected chi connectivity index (χ4v) is 5.03. The van der Waals surface area contributed by atoms with Crippen molar-refractivity contribution in [1.29, 1.82) is 0 Å². The van der Waals surface area contributed by atoms with Crippen molar-refractivity contribution in [3.8, 4) is 0 Å². The van der Waals surface area contributed by atoms with E-state index in [4.69, 9.17) is 23.2 Å². The van der Waals surface area contributed by atoms with Gasteiger partial charge in [0.05, 0.1) is 10.6 Å². The number of aryl methyl sites for hydroxylation is 1. The average molecular weight is 446 g/mol. The fraction of sp³-hybridized carbons (Fsp3) is 0.435. The van der Waals surface area contributed by atoms with Crippen LogP contribution in [0.4, 0.5) is 0 Å². The largest absolute Gasteiger partial charge is 0.353 e. The molecule has 2 aliphatic rings. The lowest BCUT2D eigenvalue weighted by atomic mass is 9.59. The molecule has 30 heavy (non-hydrogen) atoms. The summed E-state index contributed by atoms with van der Waals surface area (Å²) < 4.78 is 0. The third-order valence-corrected chi connectivity index (χ3v) is 7.11. The van der Waals surface area contributed by atoms with Gasteiger partial charge in [-0.2, -0.15) is 0 Å². The van der Waals surface area contributed by atoms with Crippen LogP contribution in [0.5, 0.6) is 0 Å². The maximum absolute atomic E-state index is 12.8. The predicted molar refractivity (Wildman–Crippen MR) is 118 cm³/mol. The van der Waals surface area contributed by atoms with Crippen LogP contribution in [0.15, 0.2) is 42.6 Å². The third kappa shape index (κ3) is 4.47. The molecule has 158 valence electrons. The number of likely N-dealkylation sites (tertiary alicyclic amines) is 1. The van der Waals surface area contributed by atoms with Gasteiger partial charge in [0.25, 0.3) is 5.91 Å². The number of carbonyl (C=O) groups excluding carboxylic acids is 2. The Morgan fingerprint density at radius 2 is 1.87 bits per heavy atom. The number of hydrogen-bond acceptors (Lipinski definition) is 3. The minimum atomic E-state index is -0.109. The summed E-state index contributed by atoms with van der Waals surface area (Å²) in [6, 6.07) is 11.8. The zero-order valence-corrected chi connectivity index (χ0v) is 18.3. The zero-order chi connectivity index (χ0) is 21.1. The number of aromatic nitrogens is 1. The fourth-order valence-electron chi connectivity index (χ4n) is 4.58. The summed E-state index contributed by atoms with van der Waals surface area (Å²) in [4.78, 5) is 31.1. The molecule has 1 aliphatic heterocycles. The van der Waals surface area contributed by atoms with Gasteiger partial charge in [0, 0.05) is 31.7 Å². The van der Waals surface area contributed by atoms with Crippen molar-refractivity contribution in [2.75, 3.05) is 13.1 Å². The number of halogens is 2. The van der Waals surface area contributed by atoms with Crippen molar-refractivity contribution in [3.05, 3.63) is 63.9 Å². The predicted octanol–water partition coefficient (Wildman–Crippen LogP) is 4.52. The van der Waals surface area contributed by atoms with Crippen LogP contribution >= 0.6 is 23.2 Å². The highest BCUT2D eigenvalue weighted by atomic mass is 35.5. The maximum atomic E-state index is 12.8. The molecule has 2 heterocycles. The molecule has 2 aromatic rings. The minimum Gasteiger partial charge on any atom is -0.353 e. The lowest BCUT2D eigenvalue weighted by Crippen LogP contribution is -2.59. The molecular formula is C23H25Cl2N3O2. The first-order chi connectivity index (χ1) is 14.5. The molecule has 1 aliphatic carbocycles. The highest BCUT2D eigenvalue weighted by molar-refractivity contribution is 6.36. The van der Waals surface area contributed by atoms with Crippen LogP contribution in [-0.4, -0.2) is 40.8 Å². The molecule has 1 unspecified atom stereocenters. The van der Waals surface area contributed by atoms with Gasteiger partial charge in [-0.3, -0.25) is 9.59 Å². The van der Waals surface area contributed by atoms with Crippen molar-refractivity contribution >= 4 is 35.0 Å². The molecule has 0 radical (unpaired) electrons. The number of rotatable bonds is 5. The molecule has 0 bridgehead atoms. The second kappa shape index (κ2) is 8.94. The first kappa shape index (κ1) is 21.1. The quantitative estimate of drug-likeness (QED) is 0.687. The van der Waals surface area contributed by atoms with Gasteiger partial charge < -0.3 is 10.2 Å². The monoisotopic (exact) mass is 445 g/mol. The number of benzene rings is 1. The van der Waals surface area contributed by atoms with Gasteiger partial charge in [-0.1, -0.05) is 53.5 Å². The van der Waals surface area contributed by atoms with Gasteiger partial charge in [0.1, 0.15) is 5.15 Å². The van der Waals surface area contributed by atoms with Crippen LogP contribution in [0.3, 0.4) is 0 Å². The lowest BCUT2D eigenvalue weighted by molar-refractivity contribution is -0.125. The summed E-state index contributed by atoms with van der Waals surface area (Å²) >= 11 is 12.0. The van der Waals surface area contributed by atoms with Crippen molar-refractivity contribution in [2.45, 2.75) is 44.6 Å². The Kier molecular flexibility index (Phi) is 6.30. The summed E-state index contributed by atoms with van der Waals surface area (Å²) in [7, 11) is 0. The molecule has 4 rings (SSSR count). The Morgan fingerprint density at radius 3 is 2.50 bits per heavy atom. The van der Waals surface area contributed by atoms with Crippen LogP contribution in [0, 0.1) is 5.41 Å². The van der Waals surface area contributed by atoms with Crippen molar-refractivity contribution in [2.24, 2.45) is 5.41 Å². The summed E-state index contributed by atoms with van der Waals surface area (Å²) in [6.07, 6.45) is 6.59. The number of piperidine rings is 1. The molecule has 1 atom stereocenters. The first-order valence-corrected chi connectivity index (χ1v) is 11.2. The first-order valence-electron chi connectivity index (χ1n) is 10.4. The number of carbonyl (C=O) groups is 2. The van der Waals surface area contributed by atoms with E-state index in [1.807, 2.05) is 35.2 Å². The van der Waals surface area contributed by atoms with Crippen molar-refractivity contribution in [3.63, 3.8) is 0 Å². The molecule has 2 fully saturated rings. The molecule has 1 saturated heterocycles. The van der Waals surface area contributed by atoms with E-state index >= 15 is 0 Å². The van der Waals surface area contributed by atoms with E-state index in [9.17, 15) is 9.59 Å². The van der Waals surface area contributed by atoms with Gasteiger partial charge >= 0.3 is 0 Å². The minimum absolute atomic E-state index is 0.109. The Bertz CT molecular complexity index is 927. The van der Waals surface area contributed by atoms with E-state index in [0.717, 1.165) is 32.1 Å². The van der Waals surface area contributed by atoms with Crippen molar-refractivity contribution in [1.82, 2.24) is 15.2 Å². The van der Waals surface area contributed by atoms with Gasteiger partial charge in [-0.15, -0.1) is 0 Å². The number of nitrogens with zero attached hydrogens (tertiary/aromatic N) is 2. The summed E-state index contributed by atoms with van der Waals surface area (Å²) in [5, 5.41) is 3.85. The average Bonchev–Trinajstić information content (AvgIpc) is 2.76. The highest BCUT2D eigenvalue weighted by Crippen LogP contribution is 2.49. The molecule has 2 amide bonds. The second-order valence-corrected chi connectivity index (χ2v) is 9.08. The summed E-state index contributed by atoms with van der Waals surface area (Å²) in [5.74, 6) is 0.00208. The smallest absolute Gasteiger partial charge is 0.256 e. The summed E-state index contributed by atoms with van der Waals surface area (Å²) in [5.41, 5.74) is 1.68. The molecular weight excluding hydrogens is 421 g/mol. The van der Waals surface area contributed by atoms with Gasteiger partial charge in [-0.25, -0.2) is 4.98 Å². The number of hydrogen-bond donors (Lipinski definition) is 1.